The predicted molar refractivity (Wildman–Crippen MR) is 173 cm³/mol. The van der Waals surface area contributed by atoms with E-state index in [2.05, 4.69) is 33.6 Å². The number of aliphatic hydroxyl groups excluding tert-OH is 2. The summed E-state index contributed by atoms with van der Waals surface area (Å²) in [5.74, 6) is -0.420. The fourth-order valence-electron chi connectivity index (χ4n) is 5.24. The first-order chi connectivity index (χ1) is 21.4. The zero-order valence-corrected chi connectivity index (χ0v) is 24.8. The first-order valence-electron chi connectivity index (χ1n) is 14.6. The van der Waals surface area contributed by atoms with Crippen LogP contribution in [0.4, 0.5) is 4.39 Å². The Morgan fingerprint density at radius 2 is 1.57 bits per heavy atom. The van der Waals surface area contributed by atoms with Gasteiger partial charge in [-0.3, -0.25) is 14.2 Å². The molecule has 5 aromatic rings. The summed E-state index contributed by atoms with van der Waals surface area (Å²) in [5.41, 5.74) is 8.84. The van der Waals surface area contributed by atoms with Crippen LogP contribution in [-0.4, -0.2) is 50.9 Å². The lowest BCUT2D eigenvalue weighted by Crippen LogP contribution is -2.26. The van der Waals surface area contributed by atoms with E-state index >= 15 is 4.39 Å². The molecule has 8 nitrogen and oxygen atoms in total. The first-order valence-corrected chi connectivity index (χ1v) is 14.6. The third-order valence-electron chi connectivity index (χ3n) is 7.66. The topological polar surface area (TPSA) is 112 Å². The second-order valence-corrected chi connectivity index (χ2v) is 10.6. The summed E-state index contributed by atoms with van der Waals surface area (Å²) in [6.45, 7) is 5.89. The van der Waals surface area contributed by atoms with E-state index in [0.29, 0.717) is 37.4 Å². The molecule has 3 heterocycles. The second kappa shape index (κ2) is 14.3. The monoisotopic (exact) mass is 593 g/mol. The number of rotatable bonds is 12. The second-order valence-electron chi connectivity index (χ2n) is 10.6. The lowest BCUT2D eigenvalue weighted by atomic mass is 9.89. The number of benzene rings is 2. The smallest absolute Gasteiger partial charge is 0.262 e. The molecule has 0 aliphatic heterocycles. The largest absolute Gasteiger partial charge is 0.395 e. The molecule has 0 spiro atoms. The van der Waals surface area contributed by atoms with Gasteiger partial charge in [0.15, 0.2) is 0 Å². The summed E-state index contributed by atoms with van der Waals surface area (Å²) in [6, 6.07) is 19.3. The highest BCUT2D eigenvalue weighted by Gasteiger charge is 2.14. The number of aliphatic hydroxyl groups is 2. The van der Waals surface area contributed by atoms with Crippen LogP contribution < -0.4 is 16.2 Å². The summed E-state index contributed by atoms with van der Waals surface area (Å²) in [4.78, 5) is 21.8. The SMILES string of the molecule is Cc1c(C=C(F)c2ccc(CNCCO)cn2)cccc1-c1cccc(-c2ccn3c(=O)c(CNCCO)cnc3c2)c1C. The van der Waals surface area contributed by atoms with Crippen LogP contribution in [0.2, 0.25) is 0 Å². The van der Waals surface area contributed by atoms with Crippen molar-refractivity contribution in [3.8, 4) is 22.3 Å². The van der Waals surface area contributed by atoms with E-state index in [1.807, 2.05) is 55.5 Å². The number of hydrogen-bond donors (Lipinski definition) is 4. The molecular weight excluding hydrogens is 557 g/mol. The van der Waals surface area contributed by atoms with Gasteiger partial charge in [-0.15, -0.1) is 0 Å². The Balaban J connectivity index is 1.43. The molecule has 9 heteroatoms. The van der Waals surface area contributed by atoms with Gasteiger partial charge in [0.25, 0.3) is 5.56 Å². The minimum absolute atomic E-state index is 0.000581. The molecule has 3 aromatic heterocycles. The Morgan fingerprint density at radius 1 is 0.864 bits per heavy atom. The number of aromatic nitrogens is 3. The molecule has 0 unspecified atom stereocenters. The van der Waals surface area contributed by atoms with Crippen molar-refractivity contribution < 1.29 is 14.6 Å². The molecule has 0 fully saturated rings. The van der Waals surface area contributed by atoms with Gasteiger partial charge in [0, 0.05) is 50.3 Å². The molecule has 0 aliphatic rings. The van der Waals surface area contributed by atoms with Crippen molar-refractivity contribution in [2.45, 2.75) is 26.9 Å². The standard InChI is InChI=1S/C35H36FN5O3/c1-23-26(17-32(36)33-10-9-25(20-39-33)19-37-12-15-42)5-3-7-30(23)31-8-4-6-29(24(31)2)27-11-14-41-34(18-27)40-22-28(35(41)44)21-38-13-16-43/h3-11,14,17-18,20,22,37-38,42-43H,12-13,15-16,19,21H2,1-2H3. The third kappa shape index (κ3) is 6.82. The first kappa shape index (κ1) is 30.9. The van der Waals surface area contributed by atoms with E-state index in [4.69, 9.17) is 10.2 Å². The van der Waals surface area contributed by atoms with Crippen molar-refractivity contribution >= 4 is 17.6 Å². The summed E-state index contributed by atoms with van der Waals surface area (Å²) in [5, 5.41) is 24.0. The predicted octanol–water partition coefficient (Wildman–Crippen LogP) is 4.67. The zero-order chi connectivity index (χ0) is 31.1. The fourth-order valence-corrected chi connectivity index (χ4v) is 5.24. The molecule has 0 amide bonds. The van der Waals surface area contributed by atoms with Gasteiger partial charge in [-0.05, 0) is 82.6 Å². The van der Waals surface area contributed by atoms with Gasteiger partial charge in [-0.2, -0.15) is 0 Å². The van der Waals surface area contributed by atoms with Gasteiger partial charge in [-0.1, -0.05) is 42.5 Å². The summed E-state index contributed by atoms with van der Waals surface area (Å²) in [7, 11) is 0. The lowest BCUT2D eigenvalue weighted by Gasteiger charge is -2.16. The van der Waals surface area contributed by atoms with Crippen molar-refractivity contribution in [1.29, 1.82) is 0 Å². The number of nitrogens with zero attached hydrogens (tertiary/aromatic N) is 3. The quantitative estimate of drug-likeness (QED) is 0.156. The number of halogens is 1. The Kier molecular flexibility index (Phi) is 10.0. The van der Waals surface area contributed by atoms with Crippen LogP contribution in [0.1, 0.15) is 33.5 Å². The molecular formula is C35H36FN5O3. The van der Waals surface area contributed by atoms with Crippen LogP contribution in [0, 0.1) is 13.8 Å². The van der Waals surface area contributed by atoms with Gasteiger partial charge >= 0.3 is 0 Å². The zero-order valence-electron chi connectivity index (χ0n) is 24.8. The van der Waals surface area contributed by atoms with Gasteiger partial charge in [-0.25, -0.2) is 9.37 Å². The minimum atomic E-state index is -0.420. The number of fused-ring (bicyclic) bond motifs is 1. The molecule has 0 bridgehead atoms. The van der Waals surface area contributed by atoms with Crippen LogP contribution in [0.3, 0.4) is 0 Å². The van der Waals surface area contributed by atoms with Crippen molar-refractivity contribution in [3.63, 3.8) is 0 Å². The van der Waals surface area contributed by atoms with Crippen molar-refractivity contribution in [3.05, 3.63) is 123 Å². The van der Waals surface area contributed by atoms with Gasteiger partial charge in [0.05, 0.1) is 18.9 Å². The van der Waals surface area contributed by atoms with Crippen molar-refractivity contribution in [2.24, 2.45) is 0 Å². The molecule has 2 aromatic carbocycles. The number of nitrogens with one attached hydrogen (secondary N) is 2. The molecule has 5 rings (SSSR count). The maximum atomic E-state index is 15.3. The van der Waals surface area contributed by atoms with Crippen molar-refractivity contribution in [2.75, 3.05) is 26.3 Å². The van der Waals surface area contributed by atoms with E-state index in [0.717, 1.165) is 44.5 Å². The molecule has 0 aliphatic carbocycles. The molecule has 0 atom stereocenters. The van der Waals surface area contributed by atoms with Crippen LogP contribution >= 0.6 is 0 Å². The molecule has 0 saturated heterocycles. The molecule has 0 radical (unpaired) electrons. The van der Waals surface area contributed by atoms with Gasteiger partial charge < -0.3 is 20.8 Å². The normalized spacial score (nSPS) is 11.8. The molecule has 0 saturated carbocycles. The number of pyridine rings is 2. The highest BCUT2D eigenvalue weighted by molar-refractivity contribution is 5.84. The van der Waals surface area contributed by atoms with E-state index in [-0.39, 0.29) is 24.5 Å². The van der Waals surface area contributed by atoms with Crippen LogP contribution in [0.25, 0.3) is 39.8 Å². The van der Waals surface area contributed by atoms with E-state index in [9.17, 15) is 4.79 Å². The Labute approximate surface area is 255 Å². The fraction of sp³-hybridized carbons (Fsp3) is 0.229. The maximum absolute atomic E-state index is 15.3. The Bertz CT molecular complexity index is 1850. The highest BCUT2D eigenvalue weighted by atomic mass is 19.1. The van der Waals surface area contributed by atoms with Gasteiger partial charge in [0.2, 0.25) is 0 Å². The molecule has 226 valence electrons. The highest BCUT2D eigenvalue weighted by Crippen LogP contribution is 2.35. The maximum Gasteiger partial charge on any atom is 0.262 e. The minimum Gasteiger partial charge on any atom is -0.395 e. The average molecular weight is 594 g/mol. The number of hydrogen-bond acceptors (Lipinski definition) is 7. The Hall–Kier alpha value is -4.54. The van der Waals surface area contributed by atoms with Crippen molar-refractivity contribution in [1.82, 2.24) is 25.0 Å². The van der Waals surface area contributed by atoms with E-state index in [1.165, 1.54) is 10.5 Å². The van der Waals surface area contributed by atoms with Crippen LogP contribution in [0.15, 0.2) is 84.0 Å². The summed E-state index contributed by atoms with van der Waals surface area (Å²) >= 11 is 0. The van der Waals surface area contributed by atoms with E-state index < -0.39 is 5.83 Å². The summed E-state index contributed by atoms with van der Waals surface area (Å²) < 4.78 is 16.8. The Morgan fingerprint density at radius 3 is 2.30 bits per heavy atom. The van der Waals surface area contributed by atoms with Crippen LogP contribution in [-0.2, 0) is 13.1 Å². The average Bonchev–Trinajstić information content (AvgIpc) is 3.04. The van der Waals surface area contributed by atoms with Crippen LogP contribution in [0.5, 0.6) is 0 Å². The lowest BCUT2D eigenvalue weighted by molar-refractivity contribution is 0.291. The molecule has 44 heavy (non-hydrogen) atoms. The summed E-state index contributed by atoms with van der Waals surface area (Å²) in [6.07, 6.45) is 6.48. The van der Waals surface area contributed by atoms with E-state index in [1.54, 1.807) is 24.7 Å². The third-order valence-corrected chi connectivity index (χ3v) is 7.66. The van der Waals surface area contributed by atoms with Gasteiger partial charge in [0.1, 0.15) is 11.5 Å². The molecule has 4 N–H and O–H groups in total.